The number of carbonyl (C=O) groups is 1. The quantitative estimate of drug-likeness (QED) is 0.656. The Kier molecular flexibility index (Phi) is 3.34. The van der Waals surface area contributed by atoms with Gasteiger partial charge in [-0.05, 0) is 19.1 Å². The fourth-order valence-corrected chi connectivity index (χ4v) is 2.16. The summed E-state index contributed by atoms with van der Waals surface area (Å²) in [7, 11) is 1.29. The Morgan fingerprint density at radius 1 is 1.47 bits per heavy atom. The summed E-state index contributed by atoms with van der Waals surface area (Å²) in [4.78, 5) is 15.3. The van der Waals surface area contributed by atoms with Crippen LogP contribution in [-0.4, -0.2) is 23.9 Å². The first-order valence-corrected chi connectivity index (χ1v) is 5.76. The highest BCUT2D eigenvalue weighted by Crippen LogP contribution is 2.21. The molecule has 1 heterocycles. The van der Waals surface area contributed by atoms with Gasteiger partial charge in [0.05, 0.1) is 23.0 Å². The Hall–Kier alpha value is -1.95. The SMILES string of the molecule is COC(=O)N/N=C(/C)c1nc2ccccc2s1. The van der Waals surface area contributed by atoms with E-state index in [1.165, 1.54) is 18.4 Å². The molecule has 0 unspecified atom stereocenters. The van der Waals surface area contributed by atoms with E-state index < -0.39 is 6.09 Å². The number of benzene rings is 1. The third-order valence-corrected chi connectivity index (χ3v) is 3.25. The fraction of sp³-hybridized carbons (Fsp3) is 0.182. The molecule has 0 radical (unpaired) electrons. The monoisotopic (exact) mass is 249 g/mol. The Morgan fingerprint density at radius 3 is 2.94 bits per heavy atom. The molecule has 0 spiro atoms. The second kappa shape index (κ2) is 4.92. The van der Waals surface area contributed by atoms with E-state index in [-0.39, 0.29) is 0 Å². The molecule has 1 amide bonds. The first-order chi connectivity index (χ1) is 8.20. The highest BCUT2D eigenvalue weighted by atomic mass is 32.1. The number of ether oxygens (including phenoxy) is 1. The zero-order chi connectivity index (χ0) is 12.3. The van der Waals surface area contributed by atoms with Gasteiger partial charge in [-0.25, -0.2) is 15.2 Å². The minimum absolute atomic E-state index is 0.592. The number of fused-ring (bicyclic) bond motifs is 1. The maximum atomic E-state index is 10.9. The van der Waals surface area contributed by atoms with Gasteiger partial charge in [0, 0.05) is 0 Å². The van der Waals surface area contributed by atoms with Crippen LogP contribution in [0.2, 0.25) is 0 Å². The number of methoxy groups -OCH3 is 1. The van der Waals surface area contributed by atoms with Gasteiger partial charge in [-0.3, -0.25) is 0 Å². The third-order valence-electron chi connectivity index (χ3n) is 2.10. The fourth-order valence-electron chi connectivity index (χ4n) is 1.25. The van der Waals surface area contributed by atoms with Crippen molar-refractivity contribution in [2.75, 3.05) is 7.11 Å². The maximum Gasteiger partial charge on any atom is 0.427 e. The molecule has 1 aromatic heterocycles. The summed E-state index contributed by atoms with van der Waals surface area (Å²) in [5.74, 6) is 0. The van der Waals surface area contributed by atoms with E-state index in [2.05, 4.69) is 20.2 Å². The summed E-state index contributed by atoms with van der Waals surface area (Å²) in [6.07, 6.45) is -0.592. The van der Waals surface area contributed by atoms with Crippen molar-refractivity contribution < 1.29 is 9.53 Å². The molecular formula is C11H11N3O2S. The van der Waals surface area contributed by atoms with Crippen LogP contribution < -0.4 is 5.43 Å². The minimum Gasteiger partial charge on any atom is -0.452 e. The topological polar surface area (TPSA) is 63.6 Å². The van der Waals surface area contributed by atoms with E-state index in [0.717, 1.165) is 15.2 Å². The Labute approximate surface area is 102 Å². The number of nitrogens with zero attached hydrogens (tertiary/aromatic N) is 2. The summed E-state index contributed by atoms with van der Waals surface area (Å²) in [5.41, 5.74) is 3.85. The molecule has 0 fully saturated rings. The third kappa shape index (κ3) is 2.59. The summed E-state index contributed by atoms with van der Waals surface area (Å²) in [6.45, 7) is 1.79. The lowest BCUT2D eigenvalue weighted by Crippen LogP contribution is -2.18. The van der Waals surface area contributed by atoms with Crippen molar-refractivity contribution in [3.05, 3.63) is 29.3 Å². The molecule has 0 saturated carbocycles. The van der Waals surface area contributed by atoms with Crippen LogP contribution in [0.4, 0.5) is 4.79 Å². The molecular weight excluding hydrogens is 238 g/mol. The number of rotatable bonds is 2. The van der Waals surface area contributed by atoms with Gasteiger partial charge in [0.25, 0.3) is 0 Å². The highest BCUT2D eigenvalue weighted by molar-refractivity contribution is 7.20. The molecule has 1 aromatic carbocycles. The zero-order valence-corrected chi connectivity index (χ0v) is 10.2. The van der Waals surface area contributed by atoms with Gasteiger partial charge in [0.1, 0.15) is 5.01 Å². The summed E-state index contributed by atoms with van der Waals surface area (Å²) in [6, 6.07) is 7.84. The van der Waals surface area contributed by atoms with Crippen molar-refractivity contribution in [3.8, 4) is 0 Å². The Balaban J connectivity index is 2.24. The molecule has 5 nitrogen and oxygen atoms in total. The normalized spacial score (nSPS) is 11.5. The van der Waals surface area contributed by atoms with Crippen molar-refractivity contribution in [1.82, 2.24) is 10.4 Å². The van der Waals surface area contributed by atoms with Crippen molar-refractivity contribution in [3.63, 3.8) is 0 Å². The second-order valence-electron chi connectivity index (χ2n) is 3.29. The number of hydrazone groups is 1. The van der Waals surface area contributed by atoms with Crippen molar-refractivity contribution in [2.24, 2.45) is 5.10 Å². The first kappa shape index (κ1) is 11.5. The molecule has 0 atom stereocenters. The number of aromatic nitrogens is 1. The largest absolute Gasteiger partial charge is 0.452 e. The van der Waals surface area contributed by atoms with Crippen LogP contribution in [0.1, 0.15) is 11.9 Å². The number of hydrogen-bond acceptors (Lipinski definition) is 5. The van der Waals surface area contributed by atoms with Crippen LogP contribution in [0, 0.1) is 0 Å². The lowest BCUT2D eigenvalue weighted by Gasteiger charge is -1.97. The van der Waals surface area contributed by atoms with Crippen molar-refractivity contribution >= 4 is 33.4 Å². The van der Waals surface area contributed by atoms with Gasteiger partial charge in [0.15, 0.2) is 0 Å². The summed E-state index contributed by atoms with van der Waals surface area (Å²) < 4.78 is 5.51. The van der Waals surface area contributed by atoms with E-state index >= 15 is 0 Å². The number of hydrogen-bond donors (Lipinski definition) is 1. The molecule has 0 bridgehead atoms. The standard InChI is InChI=1S/C11H11N3O2S/c1-7(13-14-11(15)16-2)10-12-8-5-3-4-6-9(8)17-10/h3-6H,1-2H3,(H,14,15)/b13-7-. The molecule has 0 aliphatic heterocycles. The van der Waals surface area contributed by atoms with Crippen LogP contribution in [0.15, 0.2) is 29.4 Å². The molecule has 17 heavy (non-hydrogen) atoms. The van der Waals surface area contributed by atoms with Gasteiger partial charge in [-0.2, -0.15) is 5.10 Å². The Bertz CT molecular complexity index is 544. The first-order valence-electron chi connectivity index (χ1n) is 4.95. The van der Waals surface area contributed by atoms with Crippen LogP contribution in [0.25, 0.3) is 10.2 Å². The van der Waals surface area contributed by atoms with E-state index in [1.807, 2.05) is 24.3 Å². The van der Waals surface area contributed by atoms with E-state index in [0.29, 0.717) is 5.71 Å². The van der Waals surface area contributed by atoms with Crippen molar-refractivity contribution in [2.45, 2.75) is 6.92 Å². The predicted molar refractivity (Wildman–Crippen MR) is 67.4 cm³/mol. The average Bonchev–Trinajstić information content (AvgIpc) is 2.79. The van der Waals surface area contributed by atoms with E-state index in [1.54, 1.807) is 6.92 Å². The molecule has 0 aliphatic rings. The predicted octanol–water partition coefficient (Wildman–Crippen LogP) is 2.38. The molecule has 0 aliphatic carbocycles. The molecule has 88 valence electrons. The van der Waals surface area contributed by atoms with Gasteiger partial charge in [-0.1, -0.05) is 12.1 Å². The van der Waals surface area contributed by atoms with Gasteiger partial charge < -0.3 is 4.74 Å². The van der Waals surface area contributed by atoms with Gasteiger partial charge in [-0.15, -0.1) is 11.3 Å². The zero-order valence-electron chi connectivity index (χ0n) is 9.43. The van der Waals surface area contributed by atoms with E-state index in [9.17, 15) is 4.79 Å². The smallest absolute Gasteiger partial charge is 0.427 e. The Morgan fingerprint density at radius 2 is 2.24 bits per heavy atom. The maximum absolute atomic E-state index is 10.9. The van der Waals surface area contributed by atoms with Crippen LogP contribution >= 0.6 is 11.3 Å². The van der Waals surface area contributed by atoms with E-state index in [4.69, 9.17) is 0 Å². The molecule has 6 heteroatoms. The minimum atomic E-state index is -0.592. The van der Waals surface area contributed by atoms with Crippen LogP contribution in [0.5, 0.6) is 0 Å². The van der Waals surface area contributed by atoms with Crippen LogP contribution in [0.3, 0.4) is 0 Å². The number of carbonyl (C=O) groups excluding carboxylic acids is 1. The highest BCUT2D eigenvalue weighted by Gasteiger charge is 2.06. The number of amides is 1. The second-order valence-corrected chi connectivity index (χ2v) is 4.32. The van der Waals surface area contributed by atoms with Crippen LogP contribution in [-0.2, 0) is 4.74 Å². The molecule has 1 N–H and O–H groups in total. The number of thiazole rings is 1. The lowest BCUT2D eigenvalue weighted by molar-refractivity contribution is 0.171. The molecule has 2 aromatic rings. The van der Waals surface area contributed by atoms with Gasteiger partial charge in [0.2, 0.25) is 0 Å². The molecule has 2 rings (SSSR count). The number of nitrogens with one attached hydrogen (secondary N) is 1. The molecule has 0 saturated heterocycles. The van der Waals surface area contributed by atoms with Gasteiger partial charge >= 0.3 is 6.09 Å². The summed E-state index contributed by atoms with van der Waals surface area (Å²) >= 11 is 1.53. The van der Waals surface area contributed by atoms with Crippen molar-refractivity contribution in [1.29, 1.82) is 0 Å². The lowest BCUT2D eigenvalue weighted by atomic mass is 10.3. The average molecular weight is 249 g/mol. The summed E-state index contributed by atoms with van der Waals surface area (Å²) in [5, 5.41) is 4.68. The number of para-hydroxylation sites is 1.